The number of aromatic hydroxyl groups is 2. The number of aromatic amines is 1. The number of carbonyl (C=O) groups is 1. The largest absolute Gasteiger partial charge is 0.508 e. The molecular formula is C47H50N6O15. The zero-order valence-electron chi connectivity index (χ0n) is 36.0. The first-order chi connectivity index (χ1) is 32.6. The van der Waals surface area contributed by atoms with Crippen molar-refractivity contribution in [3.05, 3.63) is 129 Å². The first-order valence-electron chi connectivity index (χ1n) is 21.6. The van der Waals surface area contributed by atoms with Crippen LogP contribution in [-0.4, -0.2) is 120 Å². The topological polar surface area (TPSA) is 350 Å². The number of rotatable bonds is 15. The van der Waals surface area contributed by atoms with E-state index in [-0.39, 0.29) is 47.8 Å². The van der Waals surface area contributed by atoms with Gasteiger partial charge in [-0.3, -0.25) is 10.1 Å². The first-order valence-corrected chi connectivity index (χ1v) is 21.6. The number of nitrogens with two attached hydrogens (primary N) is 2. The second-order valence-electron chi connectivity index (χ2n) is 17.1. The minimum atomic E-state index is -2.68. The molecule has 9 rings (SSSR count). The Morgan fingerprint density at radius 3 is 2.50 bits per heavy atom. The van der Waals surface area contributed by atoms with Gasteiger partial charge in [-0.15, -0.1) is 0 Å². The molecule has 3 aliphatic heterocycles. The number of hydrogen-bond donors (Lipinski definition) is 14. The number of aromatic nitrogens is 1. The number of benzene rings is 3. The Balaban J connectivity index is 1.11. The van der Waals surface area contributed by atoms with Crippen molar-refractivity contribution in [2.45, 2.75) is 61.0 Å². The van der Waals surface area contributed by atoms with Crippen LogP contribution in [0.3, 0.4) is 0 Å². The highest BCUT2D eigenvalue weighted by atomic mass is 16.7. The lowest BCUT2D eigenvalue weighted by Crippen LogP contribution is -2.79. The second kappa shape index (κ2) is 18.2. The molecule has 2 bridgehead atoms. The van der Waals surface area contributed by atoms with Gasteiger partial charge in [0.05, 0.1) is 12.4 Å². The number of nitrogens with one attached hydrogen (secondary N) is 4. The van der Waals surface area contributed by atoms with Crippen molar-refractivity contribution in [2.24, 2.45) is 11.7 Å². The molecular weight excluding hydrogens is 889 g/mol. The van der Waals surface area contributed by atoms with E-state index in [4.69, 9.17) is 34.8 Å². The number of aliphatic hydroxyl groups is 5. The lowest BCUT2D eigenvalue weighted by Gasteiger charge is -2.58. The minimum absolute atomic E-state index is 0.00443. The van der Waals surface area contributed by atoms with Gasteiger partial charge in [0.15, 0.2) is 34.7 Å². The number of fused-ring (bicyclic) bond motifs is 3. The van der Waals surface area contributed by atoms with Gasteiger partial charge in [0.1, 0.15) is 58.5 Å². The number of allylic oxidation sites excluding steroid dienone is 2. The number of phenols is 2. The third-order valence-corrected chi connectivity index (χ3v) is 12.6. The molecule has 0 unspecified atom stereocenters. The Kier molecular flexibility index (Phi) is 12.3. The number of ether oxygens (including phenoxy) is 4. The molecule has 4 aliphatic rings. The number of dihydropyridines is 1. The summed E-state index contributed by atoms with van der Waals surface area (Å²) < 4.78 is 30.4. The summed E-state index contributed by atoms with van der Waals surface area (Å²) >= 11 is 0. The molecule has 0 amide bonds. The van der Waals surface area contributed by atoms with Gasteiger partial charge in [-0.2, -0.15) is 0 Å². The number of aliphatic carboxylic acids is 1. The summed E-state index contributed by atoms with van der Waals surface area (Å²) in [6.45, 7) is 0.0791. The molecule has 16 N–H and O–H groups in total. The number of nitrogen functional groups attached to an aromatic ring is 1. The summed E-state index contributed by atoms with van der Waals surface area (Å²) in [5, 5.41) is 99.7. The van der Waals surface area contributed by atoms with Gasteiger partial charge in [0.2, 0.25) is 12.0 Å². The number of hydrogen-bond acceptors (Lipinski definition) is 19. The zero-order valence-corrected chi connectivity index (χ0v) is 36.0. The van der Waals surface area contributed by atoms with Gasteiger partial charge in [-0.05, 0) is 78.2 Å². The molecule has 2 aromatic heterocycles. The molecule has 5 heterocycles. The normalized spacial score (nSPS) is 26.5. The van der Waals surface area contributed by atoms with E-state index in [0.29, 0.717) is 52.8 Å². The first kappa shape index (κ1) is 46.0. The standard InChI is InChI=1S/C47H50N6O15/c48-35-9-8-28(53-35)39(57)34(19-54)65-27-6-4-24(5-7-27)31-15-30(56)37-32(66-31)16-33(41(40(37)58)64-20-23-2-1-3-26(55)13-23)67-45-46(62)17-25(12-22-10-11-51-36(49)14-22)38(29-18-50-21-52-29)47(63,44(46)61)42(68-45)43(59)60/h1-10,13-17,29,34,38-39,42,44-45,50-55,57-58,61-63H,11-12,18-21,48-49H2,(H,59,60)/t29-,34-,38+,39+,42+,44-,45+,46+,47+/m0/s1. The van der Waals surface area contributed by atoms with Crippen LogP contribution in [0, 0.1) is 5.92 Å². The van der Waals surface area contributed by atoms with Gasteiger partial charge >= 0.3 is 5.97 Å². The van der Waals surface area contributed by atoms with Crippen LogP contribution in [0.5, 0.6) is 28.7 Å². The van der Waals surface area contributed by atoms with Crippen molar-refractivity contribution < 1.29 is 69.0 Å². The van der Waals surface area contributed by atoms with Gasteiger partial charge in [0, 0.05) is 55.1 Å². The summed E-state index contributed by atoms with van der Waals surface area (Å²) in [4.78, 5) is 29.9. The lowest BCUT2D eigenvalue weighted by molar-refractivity contribution is -0.344. The monoisotopic (exact) mass is 938 g/mol. The quantitative estimate of drug-likeness (QED) is 0.0640. The van der Waals surface area contributed by atoms with Crippen LogP contribution < -0.4 is 47.1 Å². The van der Waals surface area contributed by atoms with E-state index < -0.39 is 89.1 Å². The maximum Gasteiger partial charge on any atom is 0.336 e. The number of H-pyrrole nitrogens is 1. The smallest absolute Gasteiger partial charge is 0.336 e. The Morgan fingerprint density at radius 2 is 1.82 bits per heavy atom. The van der Waals surface area contributed by atoms with Crippen molar-refractivity contribution in [3.8, 4) is 40.1 Å². The Hall–Kier alpha value is -7.08. The molecule has 358 valence electrons. The molecule has 0 saturated carbocycles. The fourth-order valence-electron chi connectivity index (χ4n) is 9.40. The van der Waals surface area contributed by atoms with E-state index >= 15 is 0 Å². The predicted molar refractivity (Wildman–Crippen MR) is 241 cm³/mol. The zero-order chi connectivity index (χ0) is 48.1. The van der Waals surface area contributed by atoms with E-state index in [1.54, 1.807) is 30.3 Å². The van der Waals surface area contributed by atoms with Crippen LogP contribution in [0.2, 0.25) is 0 Å². The number of carboxylic acids is 1. The van der Waals surface area contributed by atoms with Crippen LogP contribution in [0.1, 0.15) is 23.8 Å². The van der Waals surface area contributed by atoms with Crippen molar-refractivity contribution >= 4 is 22.8 Å². The van der Waals surface area contributed by atoms with Crippen LogP contribution in [0.4, 0.5) is 5.82 Å². The fraction of sp³-hybridized carbons (Fsp3) is 0.319. The van der Waals surface area contributed by atoms with E-state index in [0.717, 1.165) is 12.1 Å². The van der Waals surface area contributed by atoms with Crippen LogP contribution in [-0.2, 0) is 16.1 Å². The molecule has 2 saturated heterocycles. The van der Waals surface area contributed by atoms with Crippen molar-refractivity contribution in [1.29, 1.82) is 0 Å². The predicted octanol–water partition coefficient (Wildman–Crippen LogP) is 0.640. The van der Waals surface area contributed by atoms with Gasteiger partial charge in [0.25, 0.3) is 0 Å². The van der Waals surface area contributed by atoms with Crippen LogP contribution in [0.25, 0.3) is 22.3 Å². The number of carboxylic acid groups (broad SMARTS) is 1. The Bertz CT molecular complexity index is 2870. The van der Waals surface area contributed by atoms with Crippen LogP contribution >= 0.6 is 0 Å². The molecule has 9 atom stereocenters. The van der Waals surface area contributed by atoms with Gasteiger partial charge in [-0.1, -0.05) is 23.8 Å². The Morgan fingerprint density at radius 1 is 1.03 bits per heavy atom. The molecule has 2 fully saturated rings. The number of aliphatic hydroxyl groups excluding tert-OH is 3. The summed E-state index contributed by atoms with van der Waals surface area (Å²) in [5.74, 6) is -3.72. The molecule has 68 heavy (non-hydrogen) atoms. The average molecular weight is 939 g/mol. The average Bonchev–Trinajstić information content (AvgIpc) is 4.00. The lowest BCUT2D eigenvalue weighted by atomic mass is 9.59. The maximum atomic E-state index is 13.9. The van der Waals surface area contributed by atoms with E-state index in [1.165, 1.54) is 42.5 Å². The van der Waals surface area contributed by atoms with Crippen molar-refractivity contribution in [1.82, 2.24) is 20.9 Å². The second-order valence-corrected chi connectivity index (χ2v) is 17.1. The molecule has 21 nitrogen and oxygen atoms in total. The summed E-state index contributed by atoms with van der Waals surface area (Å²) in [5.41, 5.74) is 7.58. The minimum Gasteiger partial charge on any atom is -0.508 e. The summed E-state index contributed by atoms with van der Waals surface area (Å²) in [6.07, 6.45) is -4.10. The molecule has 3 aromatic carbocycles. The number of anilines is 1. The van der Waals surface area contributed by atoms with Gasteiger partial charge < -0.3 is 91.3 Å². The highest BCUT2D eigenvalue weighted by molar-refractivity contribution is 5.89. The fourth-order valence-corrected chi connectivity index (χ4v) is 9.40. The molecule has 0 radical (unpaired) electrons. The van der Waals surface area contributed by atoms with Crippen LogP contribution in [0.15, 0.2) is 117 Å². The van der Waals surface area contributed by atoms with Gasteiger partial charge in [-0.25, -0.2) is 4.79 Å². The highest BCUT2D eigenvalue weighted by Crippen LogP contribution is 2.53. The van der Waals surface area contributed by atoms with Crippen molar-refractivity contribution in [3.63, 3.8) is 0 Å². The SMILES string of the molecule is NC1=CC(CC2=C[C@]3(O)[C@H](Oc4cc5oc(-c6ccc(O[C@@H](CO)[C@H](O)c7ccc(N)[nH]7)cc6)cc(=O)c5c(O)c4OCc4cccc(O)c4)O[C@H](C(=O)O)[C@](O)([C@H]2[C@@H]2CNCN2)[C@H]3O)=CCN1. The van der Waals surface area contributed by atoms with E-state index in [2.05, 4.69) is 20.9 Å². The highest BCUT2D eigenvalue weighted by Gasteiger charge is 2.71. The summed E-state index contributed by atoms with van der Waals surface area (Å²) in [7, 11) is 0. The molecule has 1 aliphatic carbocycles. The van der Waals surface area contributed by atoms with E-state index in [1.807, 2.05) is 6.08 Å². The molecule has 0 spiro atoms. The maximum absolute atomic E-state index is 13.9. The Labute approximate surface area is 386 Å². The molecule has 21 heteroatoms. The summed E-state index contributed by atoms with van der Waals surface area (Å²) in [6, 6.07) is 16.8. The number of phenolic OH excluding ortho intramolecular Hbond substituents is 2. The molecule has 5 aromatic rings. The van der Waals surface area contributed by atoms with E-state index in [9.17, 15) is 50.4 Å². The third-order valence-electron chi connectivity index (χ3n) is 12.6. The van der Waals surface area contributed by atoms with Crippen molar-refractivity contribution in [2.75, 3.05) is 32.1 Å². The third kappa shape index (κ3) is 8.45.